The Labute approximate surface area is 106 Å². The lowest BCUT2D eigenvalue weighted by Crippen LogP contribution is -2.14. The van der Waals surface area contributed by atoms with Gasteiger partial charge in [0.25, 0.3) is 0 Å². The second-order valence-electron chi connectivity index (χ2n) is 4.49. The fourth-order valence-corrected chi connectivity index (χ4v) is 2.16. The quantitative estimate of drug-likeness (QED) is 0.817. The molecule has 0 aliphatic heterocycles. The molecule has 1 heterocycles. The molecule has 0 aromatic carbocycles. The summed E-state index contributed by atoms with van der Waals surface area (Å²) >= 11 is 0. The topological polar surface area (TPSA) is 76.5 Å². The molecule has 1 saturated carbocycles. The second-order valence-corrected chi connectivity index (χ2v) is 4.49. The van der Waals surface area contributed by atoms with Gasteiger partial charge in [-0.3, -0.25) is 0 Å². The first-order chi connectivity index (χ1) is 8.71. The van der Waals surface area contributed by atoms with Gasteiger partial charge in [-0.1, -0.05) is 0 Å². The highest BCUT2D eigenvalue weighted by Crippen LogP contribution is 2.25. The summed E-state index contributed by atoms with van der Waals surface area (Å²) in [5, 5.41) is 12.6. The van der Waals surface area contributed by atoms with E-state index >= 15 is 0 Å². The fourth-order valence-electron chi connectivity index (χ4n) is 2.16. The maximum atomic E-state index is 9.46. The molecule has 18 heavy (non-hydrogen) atoms. The predicted molar refractivity (Wildman–Crippen MR) is 67.0 cm³/mol. The molecule has 1 aliphatic carbocycles. The zero-order chi connectivity index (χ0) is 13.0. The average molecular weight is 253 g/mol. The molecular weight excluding hydrogens is 234 g/mol. The number of ether oxygens (including phenoxy) is 2. The monoisotopic (exact) mass is 253 g/mol. The Morgan fingerprint density at radius 1 is 1.28 bits per heavy atom. The van der Waals surface area contributed by atoms with Crippen LogP contribution < -0.4 is 14.8 Å². The minimum atomic E-state index is -0.155. The minimum Gasteiger partial charge on any atom is -0.481 e. The smallest absolute Gasteiger partial charge is 0.229 e. The van der Waals surface area contributed by atoms with Crippen LogP contribution in [0.15, 0.2) is 6.07 Å². The predicted octanol–water partition coefficient (Wildman–Crippen LogP) is 1.07. The van der Waals surface area contributed by atoms with Crippen LogP contribution in [0.1, 0.15) is 19.3 Å². The summed E-state index contributed by atoms with van der Waals surface area (Å²) in [7, 11) is 3.11. The summed E-state index contributed by atoms with van der Waals surface area (Å²) in [5.41, 5.74) is 0. The highest BCUT2D eigenvalue weighted by molar-refractivity contribution is 5.33. The summed E-state index contributed by atoms with van der Waals surface area (Å²) in [6, 6.07) is 1.63. The Hall–Kier alpha value is -1.56. The van der Waals surface area contributed by atoms with Crippen molar-refractivity contribution in [1.29, 1.82) is 0 Å². The molecule has 100 valence electrons. The third kappa shape index (κ3) is 3.22. The molecule has 2 N–H and O–H groups in total. The van der Waals surface area contributed by atoms with Crippen molar-refractivity contribution in [3.8, 4) is 11.8 Å². The third-order valence-electron chi connectivity index (χ3n) is 3.16. The first-order valence-corrected chi connectivity index (χ1v) is 6.10. The molecule has 6 nitrogen and oxygen atoms in total. The third-order valence-corrected chi connectivity index (χ3v) is 3.16. The Morgan fingerprint density at radius 3 is 2.44 bits per heavy atom. The van der Waals surface area contributed by atoms with Crippen molar-refractivity contribution >= 4 is 5.95 Å². The normalized spacial score (nSPS) is 22.8. The van der Waals surface area contributed by atoms with Crippen LogP contribution >= 0.6 is 0 Å². The van der Waals surface area contributed by atoms with E-state index in [4.69, 9.17) is 9.47 Å². The summed E-state index contributed by atoms with van der Waals surface area (Å²) in [5.74, 6) is 1.90. The number of nitrogens with zero attached hydrogens (tertiary/aromatic N) is 2. The van der Waals surface area contributed by atoms with Crippen molar-refractivity contribution in [3.63, 3.8) is 0 Å². The lowest BCUT2D eigenvalue weighted by molar-refractivity contribution is 0.178. The molecule has 1 fully saturated rings. The summed E-state index contributed by atoms with van der Waals surface area (Å²) in [6.45, 7) is 0.757. The van der Waals surface area contributed by atoms with Crippen LogP contribution in [0, 0.1) is 5.92 Å². The van der Waals surface area contributed by atoms with Gasteiger partial charge in [0.05, 0.1) is 26.4 Å². The van der Waals surface area contributed by atoms with Gasteiger partial charge >= 0.3 is 0 Å². The number of rotatable bonds is 5. The lowest BCUT2D eigenvalue weighted by Gasteiger charge is -2.12. The molecule has 0 radical (unpaired) electrons. The van der Waals surface area contributed by atoms with Crippen molar-refractivity contribution in [2.75, 3.05) is 26.1 Å². The van der Waals surface area contributed by atoms with Gasteiger partial charge in [-0.25, -0.2) is 0 Å². The van der Waals surface area contributed by atoms with Gasteiger partial charge in [-0.05, 0) is 25.2 Å². The molecule has 6 heteroatoms. The number of methoxy groups -OCH3 is 2. The van der Waals surface area contributed by atoms with E-state index in [2.05, 4.69) is 15.3 Å². The molecule has 2 rings (SSSR count). The highest BCUT2D eigenvalue weighted by atomic mass is 16.5. The summed E-state index contributed by atoms with van der Waals surface area (Å²) in [6.07, 6.45) is 2.61. The van der Waals surface area contributed by atoms with Gasteiger partial charge < -0.3 is 19.9 Å². The van der Waals surface area contributed by atoms with E-state index in [0.29, 0.717) is 23.6 Å². The number of aliphatic hydroxyl groups excluding tert-OH is 1. The van der Waals surface area contributed by atoms with E-state index in [1.54, 1.807) is 20.3 Å². The molecule has 0 spiro atoms. The Kier molecular flexibility index (Phi) is 4.19. The first kappa shape index (κ1) is 12.9. The van der Waals surface area contributed by atoms with E-state index in [1.165, 1.54) is 0 Å². The molecule has 1 aliphatic rings. The van der Waals surface area contributed by atoms with Gasteiger partial charge in [-0.15, -0.1) is 0 Å². The second kappa shape index (κ2) is 5.86. The Morgan fingerprint density at radius 2 is 1.94 bits per heavy atom. The molecule has 1 aromatic heterocycles. The van der Waals surface area contributed by atoms with Crippen molar-refractivity contribution in [1.82, 2.24) is 9.97 Å². The molecule has 2 atom stereocenters. The van der Waals surface area contributed by atoms with Crippen LogP contribution in [0.5, 0.6) is 11.8 Å². The van der Waals surface area contributed by atoms with Gasteiger partial charge in [0.15, 0.2) is 0 Å². The average Bonchev–Trinajstić information content (AvgIpc) is 2.81. The van der Waals surface area contributed by atoms with E-state index < -0.39 is 0 Å². The van der Waals surface area contributed by atoms with Crippen LogP contribution in [0.25, 0.3) is 0 Å². The van der Waals surface area contributed by atoms with Gasteiger partial charge in [0.2, 0.25) is 17.7 Å². The van der Waals surface area contributed by atoms with Crippen molar-refractivity contribution in [3.05, 3.63) is 6.07 Å². The van der Waals surface area contributed by atoms with E-state index in [-0.39, 0.29) is 6.10 Å². The maximum Gasteiger partial charge on any atom is 0.229 e. The number of hydrogen-bond donors (Lipinski definition) is 2. The molecule has 2 unspecified atom stereocenters. The zero-order valence-corrected chi connectivity index (χ0v) is 10.7. The molecule has 0 bridgehead atoms. The molecule has 1 aromatic rings. The number of aliphatic hydroxyl groups is 1. The van der Waals surface area contributed by atoms with Crippen LogP contribution in [-0.2, 0) is 0 Å². The van der Waals surface area contributed by atoms with Crippen molar-refractivity contribution in [2.24, 2.45) is 5.92 Å². The number of hydrogen-bond acceptors (Lipinski definition) is 6. The number of nitrogens with one attached hydrogen (secondary N) is 1. The van der Waals surface area contributed by atoms with Crippen molar-refractivity contribution in [2.45, 2.75) is 25.4 Å². The SMILES string of the molecule is COc1cc(OC)nc(NCC2CCC(O)C2)n1. The minimum absolute atomic E-state index is 0.155. The number of aromatic nitrogens is 2. The zero-order valence-electron chi connectivity index (χ0n) is 10.7. The van der Waals surface area contributed by atoms with Gasteiger partial charge in [0, 0.05) is 6.54 Å². The maximum absolute atomic E-state index is 9.46. The van der Waals surface area contributed by atoms with E-state index in [9.17, 15) is 5.11 Å². The summed E-state index contributed by atoms with van der Waals surface area (Å²) in [4.78, 5) is 8.39. The Balaban J connectivity index is 1.95. The molecular formula is C12H19N3O3. The van der Waals surface area contributed by atoms with Gasteiger partial charge in [-0.2, -0.15) is 9.97 Å². The largest absolute Gasteiger partial charge is 0.481 e. The van der Waals surface area contributed by atoms with E-state index in [0.717, 1.165) is 25.8 Å². The van der Waals surface area contributed by atoms with Crippen LogP contribution in [-0.4, -0.2) is 41.9 Å². The fraction of sp³-hybridized carbons (Fsp3) is 0.667. The highest BCUT2D eigenvalue weighted by Gasteiger charge is 2.22. The van der Waals surface area contributed by atoms with Gasteiger partial charge in [0.1, 0.15) is 0 Å². The van der Waals surface area contributed by atoms with Crippen molar-refractivity contribution < 1.29 is 14.6 Å². The molecule has 0 saturated heterocycles. The van der Waals surface area contributed by atoms with E-state index in [1.807, 2.05) is 0 Å². The standard InChI is InChI=1S/C12H19N3O3/c1-17-10-6-11(18-2)15-12(14-10)13-7-8-3-4-9(16)5-8/h6,8-9,16H,3-5,7H2,1-2H3,(H,13,14,15). The van der Waals surface area contributed by atoms with Crippen LogP contribution in [0.2, 0.25) is 0 Å². The lowest BCUT2D eigenvalue weighted by atomic mass is 10.1. The first-order valence-electron chi connectivity index (χ1n) is 6.10. The Bertz CT molecular complexity index is 378. The summed E-state index contributed by atoms with van der Waals surface area (Å²) < 4.78 is 10.2. The molecule has 0 amide bonds. The van der Waals surface area contributed by atoms with Crippen LogP contribution in [0.3, 0.4) is 0 Å². The van der Waals surface area contributed by atoms with Crippen LogP contribution in [0.4, 0.5) is 5.95 Å². The number of anilines is 1.